The van der Waals surface area contributed by atoms with Gasteiger partial charge in [0.05, 0.1) is 4.90 Å². The van der Waals surface area contributed by atoms with Gasteiger partial charge in [0.15, 0.2) is 6.29 Å². The Hall–Kier alpha value is -3.96. The molecule has 0 saturated carbocycles. The largest absolute Gasteiger partial charge is 0.311 e. The smallest absolute Gasteiger partial charge is 0.200 e. The molecule has 32 heavy (non-hydrogen) atoms. The first-order valence-corrected chi connectivity index (χ1v) is 11.6. The Bertz CT molecular complexity index is 1290. The van der Waals surface area contributed by atoms with E-state index < -0.39 is 9.84 Å². The average Bonchev–Trinajstić information content (AvgIpc) is 2.85. The van der Waals surface area contributed by atoms with Gasteiger partial charge in [0.25, 0.3) is 0 Å². The molecule has 0 aliphatic carbocycles. The standard InChI is InChI=1S/C27H21NO3S/c29-21-23-9-7-8-14-27(23)32(30,31)20-19-22-15-17-26(18-16-22)28(24-10-3-1-4-11-24)25-12-5-2-6-13-25/h1-21H. The first kappa shape index (κ1) is 21.3. The molecule has 0 bridgehead atoms. The van der Waals surface area contributed by atoms with E-state index in [1.54, 1.807) is 12.1 Å². The van der Waals surface area contributed by atoms with Gasteiger partial charge in [-0.15, -0.1) is 0 Å². The van der Waals surface area contributed by atoms with E-state index in [0.29, 0.717) is 6.29 Å². The highest BCUT2D eigenvalue weighted by Crippen LogP contribution is 2.34. The Labute approximate surface area is 188 Å². The van der Waals surface area contributed by atoms with Crippen molar-refractivity contribution < 1.29 is 13.2 Å². The Morgan fingerprint density at radius 1 is 0.594 bits per heavy atom. The number of hydrogen-bond donors (Lipinski definition) is 0. The van der Waals surface area contributed by atoms with Crippen LogP contribution >= 0.6 is 0 Å². The monoisotopic (exact) mass is 439 g/mol. The van der Waals surface area contributed by atoms with Gasteiger partial charge in [-0.2, -0.15) is 0 Å². The molecule has 158 valence electrons. The summed E-state index contributed by atoms with van der Waals surface area (Å²) in [5.41, 5.74) is 3.88. The summed E-state index contributed by atoms with van der Waals surface area (Å²) in [5.74, 6) is 0. The molecule has 4 aromatic carbocycles. The van der Waals surface area contributed by atoms with Crippen LogP contribution in [0.25, 0.3) is 6.08 Å². The van der Waals surface area contributed by atoms with Crippen LogP contribution in [0.2, 0.25) is 0 Å². The molecule has 0 aliphatic heterocycles. The third kappa shape index (κ3) is 4.68. The lowest BCUT2D eigenvalue weighted by atomic mass is 10.1. The number of aldehydes is 1. The van der Waals surface area contributed by atoms with Crippen molar-refractivity contribution in [1.82, 2.24) is 0 Å². The molecule has 0 atom stereocenters. The molecular formula is C27H21NO3S. The van der Waals surface area contributed by atoms with Crippen LogP contribution in [0.4, 0.5) is 17.1 Å². The van der Waals surface area contributed by atoms with Crippen LogP contribution in [-0.2, 0) is 9.84 Å². The van der Waals surface area contributed by atoms with Gasteiger partial charge in [-0.3, -0.25) is 4.79 Å². The Balaban J connectivity index is 1.64. The van der Waals surface area contributed by atoms with Gasteiger partial charge in [0, 0.05) is 28.0 Å². The highest BCUT2D eigenvalue weighted by atomic mass is 32.2. The van der Waals surface area contributed by atoms with E-state index in [1.165, 1.54) is 18.2 Å². The van der Waals surface area contributed by atoms with E-state index >= 15 is 0 Å². The second-order valence-corrected chi connectivity index (χ2v) is 8.90. The van der Waals surface area contributed by atoms with Gasteiger partial charge in [-0.05, 0) is 54.1 Å². The van der Waals surface area contributed by atoms with Crippen molar-refractivity contribution in [2.45, 2.75) is 4.90 Å². The topological polar surface area (TPSA) is 54.5 Å². The first-order chi connectivity index (χ1) is 15.6. The zero-order chi connectivity index (χ0) is 22.4. The number of rotatable bonds is 7. The molecule has 0 amide bonds. The lowest BCUT2D eigenvalue weighted by molar-refractivity contribution is 0.112. The zero-order valence-electron chi connectivity index (χ0n) is 17.2. The SMILES string of the molecule is O=Cc1ccccc1S(=O)(=O)C=Cc1ccc(N(c2ccccc2)c2ccccc2)cc1. The van der Waals surface area contributed by atoms with Crippen LogP contribution in [-0.4, -0.2) is 14.7 Å². The van der Waals surface area contributed by atoms with Crippen molar-refractivity contribution in [1.29, 1.82) is 0 Å². The van der Waals surface area contributed by atoms with Crippen LogP contribution in [0, 0.1) is 0 Å². The summed E-state index contributed by atoms with van der Waals surface area (Å²) >= 11 is 0. The molecule has 0 saturated heterocycles. The van der Waals surface area contributed by atoms with E-state index in [-0.39, 0.29) is 10.5 Å². The lowest BCUT2D eigenvalue weighted by Gasteiger charge is -2.25. The van der Waals surface area contributed by atoms with E-state index in [0.717, 1.165) is 28.0 Å². The van der Waals surface area contributed by atoms with Gasteiger partial charge in [-0.1, -0.05) is 66.7 Å². The number of carbonyl (C=O) groups is 1. The maximum Gasteiger partial charge on any atom is 0.200 e. The molecule has 0 heterocycles. The molecule has 0 unspecified atom stereocenters. The Morgan fingerprint density at radius 2 is 1.09 bits per heavy atom. The molecule has 0 fully saturated rings. The summed E-state index contributed by atoms with van der Waals surface area (Å²) in [6.07, 6.45) is 2.09. The van der Waals surface area contributed by atoms with Crippen molar-refractivity contribution in [3.05, 3.63) is 126 Å². The summed E-state index contributed by atoms with van der Waals surface area (Å²) in [6, 6.07) is 33.9. The molecule has 4 rings (SSSR count). The summed E-state index contributed by atoms with van der Waals surface area (Å²) < 4.78 is 25.4. The highest BCUT2D eigenvalue weighted by molar-refractivity contribution is 7.94. The van der Waals surface area contributed by atoms with E-state index in [2.05, 4.69) is 4.90 Å². The summed E-state index contributed by atoms with van der Waals surface area (Å²) in [4.78, 5) is 13.3. The van der Waals surface area contributed by atoms with Crippen molar-refractivity contribution in [3.63, 3.8) is 0 Å². The molecule has 0 radical (unpaired) electrons. The lowest BCUT2D eigenvalue weighted by Crippen LogP contribution is -2.09. The van der Waals surface area contributed by atoms with E-state index in [4.69, 9.17) is 0 Å². The number of para-hydroxylation sites is 2. The minimum absolute atomic E-state index is 0.00204. The van der Waals surface area contributed by atoms with E-state index in [1.807, 2.05) is 84.9 Å². The fraction of sp³-hybridized carbons (Fsp3) is 0. The fourth-order valence-corrected chi connectivity index (χ4v) is 4.61. The molecule has 0 spiro atoms. The molecule has 0 N–H and O–H groups in total. The van der Waals surface area contributed by atoms with Gasteiger partial charge in [0.1, 0.15) is 0 Å². The van der Waals surface area contributed by atoms with Crippen LogP contribution in [0.1, 0.15) is 15.9 Å². The molecule has 0 aliphatic rings. The van der Waals surface area contributed by atoms with Crippen LogP contribution in [0.15, 0.2) is 119 Å². The molecule has 5 heteroatoms. The predicted octanol–water partition coefficient (Wildman–Crippen LogP) is 6.41. The number of sulfone groups is 1. The predicted molar refractivity (Wildman–Crippen MR) is 129 cm³/mol. The maximum atomic E-state index is 12.7. The minimum atomic E-state index is -3.74. The highest BCUT2D eigenvalue weighted by Gasteiger charge is 2.15. The van der Waals surface area contributed by atoms with Crippen molar-refractivity contribution in [2.24, 2.45) is 0 Å². The molecule has 4 aromatic rings. The molecule has 0 aromatic heterocycles. The number of carbonyl (C=O) groups excluding carboxylic acids is 1. The van der Waals surface area contributed by atoms with Crippen LogP contribution < -0.4 is 4.90 Å². The summed E-state index contributed by atoms with van der Waals surface area (Å²) in [6.45, 7) is 0. The zero-order valence-corrected chi connectivity index (χ0v) is 18.0. The maximum absolute atomic E-state index is 12.7. The third-order valence-electron chi connectivity index (χ3n) is 4.97. The normalized spacial score (nSPS) is 11.4. The average molecular weight is 440 g/mol. The van der Waals surface area contributed by atoms with E-state index in [9.17, 15) is 13.2 Å². The van der Waals surface area contributed by atoms with Crippen LogP contribution in [0.3, 0.4) is 0 Å². The third-order valence-corrected chi connectivity index (χ3v) is 6.45. The number of nitrogens with zero attached hydrogens (tertiary/aromatic N) is 1. The molecule has 4 nitrogen and oxygen atoms in total. The fourth-order valence-electron chi connectivity index (χ4n) is 3.41. The summed E-state index contributed by atoms with van der Waals surface area (Å²) in [5, 5.41) is 1.14. The van der Waals surface area contributed by atoms with Gasteiger partial charge < -0.3 is 4.90 Å². The summed E-state index contributed by atoms with van der Waals surface area (Å²) in [7, 11) is -3.74. The van der Waals surface area contributed by atoms with Crippen molar-refractivity contribution in [2.75, 3.05) is 4.90 Å². The van der Waals surface area contributed by atoms with Crippen molar-refractivity contribution >= 4 is 39.3 Å². The van der Waals surface area contributed by atoms with Gasteiger partial charge in [0.2, 0.25) is 9.84 Å². The quantitative estimate of drug-likeness (QED) is 0.312. The van der Waals surface area contributed by atoms with Crippen molar-refractivity contribution in [3.8, 4) is 0 Å². The molecular weight excluding hydrogens is 418 g/mol. The van der Waals surface area contributed by atoms with Crippen LogP contribution in [0.5, 0.6) is 0 Å². The second kappa shape index (κ2) is 9.45. The minimum Gasteiger partial charge on any atom is -0.311 e. The van der Waals surface area contributed by atoms with Gasteiger partial charge in [-0.25, -0.2) is 8.42 Å². The Kier molecular flexibility index (Phi) is 6.29. The van der Waals surface area contributed by atoms with Gasteiger partial charge >= 0.3 is 0 Å². The number of benzene rings is 4. The Morgan fingerprint density at radius 3 is 1.66 bits per heavy atom. The second-order valence-electron chi connectivity index (χ2n) is 7.10. The number of hydrogen-bond acceptors (Lipinski definition) is 4. The first-order valence-electron chi connectivity index (χ1n) is 10.1. The number of anilines is 3.